The highest BCUT2D eigenvalue weighted by molar-refractivity contribution is 6.31. The first-order valence-electron chi connectivity index (χ1n) is 5.97. The van der Waals surface area contributed by atoms with Gasteiger partial charge in [-0.15, -0.1) is 0 Å². The lowest BCUT2D eigenvalue weighted by Gasteiger charge is -2.03. The zero-order valence-electron chi connectivity index (χ0n) is 10.4. The summed E-state index contributed by atoms with van der Waals surface area (Å²) in [4.78, 5) is 4.41. The van der Waals surface area contributed by atoms with Crippen molar-refractivity contribution in [1.82, 2.24) is 9.38 Å². The van der Waals surface area contributed by atoms with Crippen LogP contribution in [0.3, 0.4) is 0 Å². The van der Waals surface area contributed by atoms with Gasteiger partial charge in [-0.05, 0) is 24.3 Å². The van der Waals surface area contributed by atoms with Crippen molar-refractivity contribution >= 4 is 23.1 Å². The smallest absolute Gasteiger partial charge is 0.144 e. The molecule has 3 rings (SSSR count). The van der Waals surface area contributed by atoms with Crippen LogP contribution < -0.4 is 5.73 Å². The van der Waals surface area contributed by atoms with Crippen molar-refractivity contribution in [3.05, 3.63) is 47.1 Å². The molecule has 0 atom stereocenters. The number of imidazole rings is 1. The van der Waals surface area contributed by atoms with Crippen LogP contribution in [0, 0.1) is 0 Å². The van der Waals surface area contributed by atoms with Gasteiger partial charge in [0.2, 0.25) is 0 Å². The molecule has 0 radical (unpaired) electrons. The lowest BCUT2D eigenvalue weighted by Crippen LogP contribution is -1.96. The number of nitrogens with zero attached hydrogens (tertiary/aromatic N) is 2. The van der Waals surface area contributed by atoms with E-state index >= 15 is 0 Å². The van der Waals surface area contributed by atoms with Gasteiger partial charge >= 0.3 is 0 Å². The van der Waals surface area contributed by atoms with E-state index < -0.39 is 0 Å². The van der Waals surface area contributed by atoms with Crippen LogP contribution in [0.2, 0.25) is 5.02 Å². The van der Waals surface area contributed by atoms with Gasteiger partial charge in [-0.25, -0.2) is 4.98 Å². The van der Waals surface area contributed by atoms with E-state index in [4.69, 9.17) is 17.3 Å². The molecule has 4 N–H and O–H groups in total. The van der Waals surface area contributed by atoms with E-state index in [0.29, 0.717) is 33.3 Å². The first-order valence-corrected chi connectivity index (χ1v) is 6.35. The fraction of sp³-hybridized carbons (Fsp3) is 0.0714. The van der Waals surface area contributed by atoms with Crippen LogP contribution in [-0.4, -0.2) is 19.6 Å². The predicted molar refractivity (Wildman–Crippen MR) is 77.6 cm³/mol. The number of aliphatic hydroxyl groups excluding tert-OH is 1. The maximum atomic E-state index is 9.95. The van der Waals surface area contributed by atoms with Crippen LogP contribution in [0.5, 0.6) is 5.75 Å². The van der Waals surface area contributed by atoms with Crippen LogP contribution in [0.1, 0.15) is 5.56 Å². The number of aromatic nitrogens is 2. The Morgan fingerprint density at radius 2 is 2.10 bits per heavy atom. The number of nitrogen functional groups attached to an aromatic ring is 1. The average Bonchev–Trinajstić information content (AvgIpc) is 2.79. The Morgan fingerprint density at radius 1 is 1.30 bits per heavy atom. The summed E-state index contributed by atoms with van der Waals surface area (Å²) >= 11 is 5.95. The molecule has 102 valence electrons. The first-order chi connectivity index (χ1) is 9.61. The van der Waals surface area contributed by atoms with Crippen molar-refractivity contribution in [2.45, 2.75) is 6.61 Å². The van der Waals surface area contributed by atoms with Gasteiger partial charge in [0.15, 0.2) is 0 Å². The Bertz CT molecular complexity index is 798. The molecule has 0 saturated carbocycles. The number of phenols is 1. The summed E-state index contributed by atoms with van der Waals surface area (Å²) in [5.41, 5.74) is 8.19. The number of hydrogen-bond acceptors (Lipinski definition) is 4. The molecular weight excluding hydrogens is 278 g/mol. The lowest BCUT2D eigenvalue weighted by molar-refractivity contribution is 0.282. The summed E-state index contributed by atoms with van der Waals surface area (Å²) in [6, 6.07) is 8.23. The van der Waals surface area contributed by atoms with Crippen LogP contribution >= 0.6 is 11.6 Å². The Balaban J connectivity index is 2.32. The van der Waals surface area contributed by atoms with E-state index in [9.17, 15) is 10.2 Å². The van der Waals surface area contributed by atoms with Gasteiger partial charge in [0, 0.05) is 22.3 Å². The fourth-order valence-electron chi connectivity index (χ4n) is 2.16. The number of pyridine rings is 1. The van der Waals surface area contributed by atoms with Crippen molar-refractivity contribution in [2.24, 2.45) is 0 Å². The molecular formula is C14H12ClN3O2. The highest BCUT2D eigenvalue weighted by atomic mass is 35.5. The van der Waals surface area contributed by atoms with Gasteiger partial charge in [0.05, 0.1) is 6.61 Å². The largest absolute Gasteiger partial charge is 0.507 e. The molecule has 20 heavy (non-hydrogen) atoms. The third kappa shape index (κ3) is 1.88. The van der Waals surface area contributed by atoms with E-state index in [1.807, 2.05) is 0 Å². The number of anilines is 1. The molecule has 3 aromatic rings. The van der Waals surface area contributed by atoms with Crippen LogP contribution in [0.25, 0.3) is 16.9 Å². The molecule has 0 amide bonds. The number of halogens is 1. The molecule has 0 aliphatic heterocycles. The van der Waals surface area contributed by atoms with Crippen molar-refractivity contribution < 1.29 is 10.2 Å². The number of benzene rings is 1. The van der Waals surface area contributed by atoms with Gasteiger partial charge in [0.25, 0.3) is 0 Å². The zero-order chi connectivity index (χ0) is 14.3. The van der Waals surface area contributed by atoms with Gasteiger partial charge in [-0.1, -0.05) is 17.7 Å². The SMILES string of the molecule is Nc1c(-c2cc(Cl)ccc2O)nc2c(CO)cccn12. The first kappa shape index (κ1) is 12.8. The van der Waals surface area contributed by atoms with Crippen LogP contribution in [0.15, 0.2) is 36.5 Å². The van der Waals surface area contributed by atoms with Crippen LogP contribution in [0.4, 0.5) is 5.82 Å². The van der Waals surface area contributed by atoms with E-state index in [-0.39, 0.29) is 12.4 Å². The highest BCUT2D eigenvalue weighted by Gasteiger charge is 2.16. The molecule has 2 aromatic heterocycles. The average molecular weight is 290 g/mol. The molecule has 0 fully saturated rings. The molecule has 0 saturated heterocycles. The summed E-state index contributed by atoms with van der Waals surface area (Å²) in [7, 11) is 0. The van der Waals surface area contributed by atoms with Gasteiger partial charge in [-0.2, -0.15) is 0 Å². The molecule has 0 unspecified atom stereocenters. The quantitative estimate of drug-likeness (QED) is 0.676. The van der Waals surface area contributed by atoms with E-state index in [2.05, 4.69) is 4.98 Å². The van der Waals surface area contributed by atoms with E-state index in [0.717, 1.165) is 0 Å². The maximum absolute atomic E-state index is 9.95. The number of fused-ring (bicyclic) bond motifs is 1. The highest BCUT2D eigenvalue weighted by Crippen LogP contribution is 2.35. The molecule has 2 heterocycles. The standard InChI is InChI=1S/C14H12ClN3O2/c15-9-3-4-11(20)10(6-9)12-13(16)18-5-1-2-8(7-19)14(18)17-12/h1-6,19-20H,7,16H2. The minimum absolute atomic E-state index is 0.0510. The molecule has 6 heteroatoms. The third-order valence-electron chi connectivity index (χ3n) is 3.15. The lowest BCUT2D eigenvalue weighted by atomic mass is 10.1. The van der Waals surface area contributed by atoms with E-state index in [1.165, 1.54) is 6.07 Å². The van der Waals surface area contributed by atoms with Crippen molar-refractivity contribution in [3.8, 4) is 17.0 Å². The third-order valence-corrected chi connectivity index (χ3v) is 3.39. The number of aliphatic hydroxyl groups is 1. The second kappa shape index (κ2) is 4.70. The molecule has 0 bridgehead atoms. The topological polar surface area (TPSA) is 83.8 Å². The Kier molecular flexibility index (Phi) is 3.00. The number of aromatic hydroxyl groups is 1. The summed E-state index contributed by atoms with van der Waals surface area (Å²) in [5, 5.41) is 19.8. The number of rotatable bonds is 2. The minimum atomic E-state index is -0.137. The second-order valence-electron chi connectivity index (χ2n) is 4.39. The van der Waals surface area contributed by atoms with Crippen LogP contribution in [-0.2, 0) is 6.61 Å². The maximum Gasteiger partial charge on any atom is 0.144 e. The zero-order valence-corrected chi connectivity index (χ0v) is 11.2. The van der Waals surface area contributed by atoms with Crippen molar-refractivity contribution in [1.29, 1.82) is 0 Å². The fourth-order valence-corrected chi connectivity index (χ4v) is 2.33. The van der Waals surface area contributed by atoms with Crippen molar-refractivity contribution in [3.63, 3.8) is 0 Å². The number of nitrogens with two attached hydrogens (primary N) is 1. The summed E-state index contributed by atoms with van der Waals surface area (Å²) in [6.45, 7) is -0.137. The van der Waals surface area contributed by atoms with E-state index in [1.54, 1.807) is 34.9 Å². The molecule has 0 spiro atoms. The number of hydrogen-bond donors (Lipinski definition) is 3. The molecule has 1 aromatic carbocycles. The predicted octanol–water partition coefficient (Wildman–Crippen LogP) is 2.43. The van der Waals surface area contributed by atoms with Gasteiger partial charge in [-0.3, -0.25) is 4.40 Å². The van der Waals surface area contributed by atoms with Gasteiger partial charge < -0.3 is 15.9 Å². The number of phenolic OH excluding ortho intramolecular Hbond substituents is 1. The monoisotopic (exact) mass is 289 g/mol. The summed E-state index contributed by atoms with van der Waals surface area (Å²) in [6.07, 6.45) is 1.75. The Morgan fingerprint density at radius 3 is 2.85 bits per heavy atom. The summed E-state index contributed by atoms with van der Waals surface area (Å²) < 4.78 is 1.67. The normalized spacial score (nSPS) is 11.1. The Hall–Kier alpha value is -2.24. The minimum Gasteiger partial charge on any atom is -0.507 e. The van der Waals surface area contributed by atoms with Gasteiger partial charge in [0.1, 0.15) is 22.9 Å². The second-order valence-corrected chi connectivity index (χ2v) is 4.83. The molecule has 0 aliphatic rings. The molecule has 0 aliphatic carbocycles. The van der Waals surface area contributed by atoms with Crippen molar-refractivity contribution in [2.75, 3.05) is 5.73 Å². The summed E-state index contributed by atoms with van der Waals surface area (Å²) in [5.74, 6) is 0.433. The Labute approximate surface area is 119 Å². The molecule has 5 nitrogen and oxygen atoms in total.